The predicted molar refractivity (Wildman–Crippen MR) is 191 cm³/mol. The summed E-state index contributed by atoms with van der Waals surface area (Å²) in [5.74, 6) is 0.101. The second-order valence-corrected chi connectivity index (χ2v) is 57.0. The maximum atomic E-state index is 8.64. The van der Waals surface area contributed by atoms with E-state index in [2.05, 4.69) is 121 Å². The van der Waals surface area contributed by atoms with Crippen LogP contribution >= 0.6 is 17.0 Å². The van der Waals surface area contributed by atoms with Gasteiger partial charge >= 0.3 is 272 Å². The standard InChI is InChI=1S/C19H19.C18H23.C2H7Si.2ClH.Zr/c1-13(2)15-7-9-16(10-8-15)18-6-4-5-17-11-14(3)12-19(17)18;1-3-13(2)17-10-6-9-15-11-16(12-18(15)17)14-7-4-5-8-14;1-3-2;;;/h4-13H,1-3H3;6,9-14H,3-5,7-8H2,1-2H3;3H,1-2H3;2*1H;/q;;;;;+2/p-2. The van der Waals surface area contributed by atoms with Gasteiger partial charge in [0.05, 0.1) is 0 Å². The average molecular weight is 708 g/mol. The van der Waals surface area contributed by atoms with E-state index >= 15 is 0 Å². The van der Waals surface area contributed by atoms with Crippen molar-refractivity contribution in [2.24, 2.45) is 5.92 Å². The zero-order valence-corrected chi connectivity index (χ0v) is 32.3. The van der Waals surface area contributed by atoms with Crippen molar-refractivity contribution in [3.63, 3.8) is 0 Å². The number of halogens is 2. The Kier molecular flexibility index (Phi) is 8.78. The third-order valence-corrected chi connectivity index (χ3v) is 63.4. The number of fused-ring (bicyclic) bond motifs is 2. The maximum absolute atomic E-state index is 8.64. The molecular weight excluding hydrogens is 659 g/mol. The van der Waals surface area contributed by atoms with Crippen molar-refractivity contribution in [3.05, 3.63) is 105 Å². The molecule has 3 aliphatic carbocycles. The summed E-state index contributed by atoms with van der Waals surface area (Å²) in [6.07, 6.45) is 11.4. The van der Waals surface area contributed by atoms with E-state index in [-0.39, 0.29) is 7.25 Å². The minimum absolute atomic E-state index is 0.148. The molecule has 0 aliphatic heterocycles. The minimum atomic E-state index is -4.71. The molecule has 0 saturated heterocycles. The van der Waals surface area contributed by atoms with E-state index in [1.807, 2.05) is 0 Å². The summed E-state index contributed by atoms with van der Waals surface area (Å²) in [6.45, 7) is 16.5. The van der Waals surface area contributed by atoms with Gasteiger partial charge in [0.1, 0.15) is 0 Å². The molecule has 3 aromatic rings. The van der Waals surface area contributed by atoms with Gasteiger partial charge in [0.25, 0.3) is 0 Å². The molecule has 0 spiro atoms. The average Bonchev–Trinajstić information content (AvgIpc) is 3.73. The van der Waals surface area contributed by atoms with Crippen LogP contribution in [0.25, 0.3) is 23.3 Å². The van der Waals surface area contributed by atoms with Crippen molar-refractivity contribution in [2.45, 2.75) is 98.9 Å². The van der Waals surface area contributed by atoms with Crippen molar-refractivity contribution >= 4 is 35.1 Å². The molecular formula is C39H49Cl2SiZr. The van der Waals surface area contributed by atoms with Crippen LogP contribution in [-0.4, -0.2) is 5.92 Å². The summed E-state index contributed by atoms with van der Waals surface area (Å²) < 4.78 is 0.348. The molecule has 43 heavy (non-hydrogen) atoms. The second kappa shape index (κ2) is 11.9. The van der Waals surface area contributed by atoms with E-state index in [0.717, 1.165) is 6.42 Å². The second-order valence-electron chi connectivity index (χ2n) is 14.5. The molecule has 0 bridgehead atoms. The zero-order chi connectivity index (χ0) is 30.7. The molecule has 1 fully saturated rings. The summed E-state index contributed by atoms with van der Waals surface area (Å²) in [5, 5.41) is 0. The van der Waals surface area contributed by atoms with E-state index < -0.39 is 21.5 Å². The van der Waals surface area contributed by atoms with E-state index in [1.165, 1.54) is 75.8 Å². The zero-order valence-electron chi connectivity index (χ0n) is 27.2. The van der Waals surface area contributed by atoms with E-state index in [9.17, 15) is 0 Å². The van der Waals surface area contributed by atoms with Crippen LogP contribution in [0.5, 0.6) is 0 Å². The van der Waals surface area contributed by atoms with Crippen molar-refractivity contribution in [1.29, 1.82) is 0 Å². The van der Waals surface area contributed by atoms with Crippen LogP contribution in [0.4, 0.5) is 0 Å². The van der Waals surface area contributed by atoms with Crippen molar-refractivity contribution in [3.8, 4) is 11.1 Å². The van der Waals surface area contributed by atoms with Gasteiger partial charge in [-0.25, -0.2) is 0 Å². The van der Waals surface area contributed by atoms with Gasteiger partial charge in [-0.2, -0.15) is 0 Å². The number of hydrogen-bond donors (Lipinski definition) is 0. The SMILES string of the molecule is CCC(C)c1cccc2c1C=C(C1CCCC1)[CH]2[Zr]([Cl])([Cl])([CH]1C(C)=Cc2c(-c3ccc(C(C)C)cc3)cccc21)[SiH](C)C. The molecule has 4 heteroatoms. The van der Waals surface area contributed by atoms with Crippen LogP contribution in [0.1, 0.15) is 119 Å². The Balaban J connectivity index is 1.55. The van der Waals surface area contributed by atoms with Crippen LogP contribution in [0.15, 0.2) is 71.8 Å². The van der Waals surface area contributed by atoms with Crippen LogP contribution in [-0.2, 0) is 15.6 Å². The molecule has 6 rings (SSSR count). The molecule has 0 N–H and O–H groups in total. The Hall–Kier alpha value is -1.18. The van der Waals surface area contributed by atoms with Crippen molar-refractivity contribution < 1.29 is 15.6 Å². The van der Waals surface area contributed by atoms with E-state index in [0.29, 0.717) is 17.8 Å². The fraction of sp³-hybridized carbons (Fsp3) is 0.436. The quantitative estimate of drug-likeness (QED) is 0.205. The fourth-order valence-electron chi connectivity index (χ4n) is 8.74. The van der Waals surface area contributed by atoms with Crippen molar-refractivity contribution in [2.75, 3.05) is 0 Å². The summed E-state index contributed by atoms with van der Waals surface area (Å²) in [6, 6.07) is 23.2. The van der Waals surface area contributed by atoms with Gasteiger partial charge in [-0.05, 0) is 0 Å². The molecule has 1 saturated carbocycles. The van der Waals surface area contributed by atoms with Gasteiger partial charge < -0.3 is 0 Å². The van der Waals surface area contributed by atoms with Gasteiger partial charge in [-0.3, -0.25) is 0 Å². The normalized spacial score (nSPS) is 21.9. The first-order chi connectivity index (χ1) is 20.5. The molecule has 0 radical (unpaired) electrons. The van der Waals surface area contributed by atoms with Gasteiger partial charge in [-0.15, -0.1) is 0 Å². The van der Waals surface area contributed by atoms with Gasteiger partial charge in [0, 0.05) is 0 Å². The molecule has 0 aromatic heterocycles. The third-order valence-electron chi connectivity index (χ3n) is 11.5. The number of benzene rings is 3. The van der Waals surface area contributed by atoms with Gasteiger partial charge in [0.15, 0.2) is 0 Å². The molecule has 3 atom stereocenters. The van der Waals surface area contributed by atoms with Gasteiger partial charge in [-0.1, -0.05) is 0 Å². The predicted octanol–water partition coefficient (Wildman–Crippen LogP) is 12.8. The number of rotatable bonds is 8. The Morgan fingerprint density at radius 2 is 1.44 bits per heavy atom. The summed E-state index contributed by atoms with van der Waals surface area (Å²) in [7, 11) is 17.3. The summed E-state index contributed by atoms with van der Waals surface area (Å²) in [4.78, 5) is 0. The fourth-order valence-corrected chi connectivity index (χ4v) is 40.7. The number of hydrogen-bond acceptors (Lipinski definition) is 0. The Bertz CT molecular complexity index is 1590. The monoisotopic (exact) mass is 705 g/mol. The van der Waals surface area contributed by atoms with Crippen LogP contribution in [0, 0.1) is 5.92 Å². The van der Waals surface area contributed by atoms with E-state index in [1.54, 1.807) is 5.57 Å². The molecule has 0 nitrogen and oxygen atoms in total. The Labute approximate surface area is 269 Å². The summed E-state index contributed by atoms with van der Waals surface area (Å²) >= 11 is -4.71. The molecule has 227 valence electrons. The Morgan fingerprint density at radius 1 is 0.814 bits per heavy atom. The topological polar surface area (TPSA) is 0 Å². The molecule has 0 heterocycles. The third kappa shape index (κ3) is 5.10. The van der Waals surface area contributed by atoms with Crippen molar-refractivity contribution in [1.82, 2.24) is 0 Å². The first-order valence-electron chi connectivity index (χ1n) is 16.8. The van der Waals surface area contributed by atoms with Crippen LogP contribution in [0.2, 0.25) is 13.1 Å². The Morgan fingerprint density at radius 3 is 2.05 bits per heavy atom. The first kappa shape index (κ1) is 31.8. The van der Waals surface area contributed by atoms with E-state index in [4.69, 9.17) is 17.0 Å². The molecule has 3 aliphatic rings. The number of allylic oxidation sites excluding steroid dienone is 2. The van der Waals surface area contributed by atoms with Crippen LogP contribution < -0.4 is 0 Å². The summed E-state index contributed by atoms with van der Waals surface area (Å²) in [5.41, 5.74) is 14.1. The van der Waals surface area contributed by atoms with Crippen LogP contribution in [0.3, 0.4) is 0 Å². The van der Waals surface area contributed by atoms with Gasteiger partial charge in [0.2, 0.25) is 0 Å². The molecule has 3 aromatic carbocycles. The first-order valence-corrected chi connectivity index (χ1v) is 33.1. The molecule has 3 unspecified atom stereocenters. The molecule has 0 amide bonds.